The molecular formula is C14H8O2S2Se. The predicted molar refractivity (Wildman–Crippen MR) is 80.8 cm³/mol. The van der Waals surface area contributed by atoms with E-state index in [1.165, 1.54) is 41.3 Å². The fourth-order valence-corrected chi connectivity index (χ4v) is 5.92. The third-order valence-electron chi connectivity index (χ3n) is 2.58. The molecule has 0 aliphatic heterocycles. The summed E-state index contributed by atoms with van der Waals surface area (Å²) in [6.45, 7) is 0. The monoisotopic (exact) mass is 352 g/mol. The Morgan fingerprint density at radius 1 is 0.737 bits per heavy atom. The van der Waals surface area contributed by atoms with Gasteiger partial charge in [-0.05, 0) is 0 Å². The second-order valence-electron chi connectivity index (χ2n) is 3.80. The van der Waals surface area contributed by atoms with Crippen LogP contribution in [0, 0.1) is 0 Å². The molecule has 3 heterocycles. The van der Waals surface area contributed by atoms with Crippen molar-refractivity contribution in [1.82, 2.24) is 0 Å². The maximum absolute atomic E-state index is 10.7. The average molecular weight is 351 g/mol. The van der Waals surface area contributed by atoms with Crippen LogP contribution in [0.5, 0.6) is 0 Å². The summed E-state index contributed by atoms with van der Waals surface area (Å²) in [4.78, 5) is 25.3. The molecule has 0 radical (unpaired) electrons. The van der Waals surface area contributed by atoms with E-state index in [2.05, 4.69) is 12.1 Å². The van der Waals surface area contributed by atoms with Gasteiger partial charge in [0.2, 0.25) is 0 Å². The quantitative estimate of drug-likeness (QED) is 0.529. The van der Waals surface area contributed by atoms with Gasteiger partial charge in [-0.15, -0.1) is 0 Å². The van der Waals surface area contributed by atoms with Gasteiger partial charge in [-0.25, -0.2) is 0 Å². The first-order valence-corrected chi connectivity index (χ1v) is 8.85. The van der Waals surface area contributed by atoms with Gasteiger partial charge in [0, 0.05) is 0 Å². The van der Waals surface area contributed by atoms with Gasteiger partial charge in [-0.1, -0.05) is 0 Å². The molecule has 0 fully saturated rings. The Morgan fingerprint density at radius 2 is 1.21 bits per heavy atom. The molecule has 19 heavy (non-hydrogen) atoms. The van der Waals surface area contributed by atoms with Crippen molar-refractivity contribution in [3.63, 3.8) is 0 Å². The van der Waals surface area contributed by atoms with E-state index < -0.39 is 0 Å². The van der Waals surface area contributed by atoms with Gasteiger partial charge in [0.25, 0.3) is 0 Å². The zero-order valence-electron chi connectivity index (χ0n) is 9.66. The summed E-state index contributed by atoms with van der Waals surface area (Å²) in [5.41, 5.74) is 0. The fourth-order valence-electron chi connectivity index (χ4n) is 1.70. The summed E-state index contributed by atoms with van der Waals surface area (Å²) in [6.07, 6.45) is 1.78. The summed E-state index contributed by atoms with van der Waals surface area (Å²) < 4.78 is 2.59. The number of rotatable bonds is 4. The van der Waals surface area contributed by atoms with E-state index in [-0.39, 0.29) is 14.5 Å². The predicted octanol–water partition coefficient (Wildman–Crippen LogP) is 3.83. The van der Waals surface area contributed by atoms with Gasteiger partial charge < -0.3 is 0 Å². The number of carbonyl (C=O) groups excluding carboxylic acids is 2. The molecule has 3 aromatic heterocycles. The molecule has 0 aliphatic rings. The van der Waals surface area contributed by atoms with Crippen molar-refractivity contribution < 1.29 is 9.59 Å². The zero-order chi connectivity index (χ0) is 13.2. The van der Waals surface area contributed by atoms with Crippen LogP contribution in [0.2, 0.25) is 0 Å². The molecule has 3 aromatic rings. The topological polar surface area (TPSA) is 34.1 Å². The van der Waals surface area contributed by atoms with Gasteiger partial charge >= 0.3 is 124 Å². The van der Waals surface area contributed by atoms with Crippen molar-refractivity contribution in [3.05, 3.63) is 46.2 Å². The van der Waals surface area contributed by atoms with E-state index >= 15 is 0 Å². The summed E-state index contributed by atoms with van der Waals surface area (Å²) in [5.74, 6) is 0. The molecule has 5 heteroatoms. The second kappa shape index (κ2) is 5.39. The number of thiophene rings is 2. The molecule has 94 valence electrons. The van der Waals surface area contributed by atoms with Crippen LogP contribution in [0.4, 0.5) is 0 Å². The van der Waals surface area contributed by atoms with Crippen LogP contribution in [-0.4, -0.2) is 27.1 Å². The minimum absolute atomic E-state index is 0.246. The van der Waals surface area contributed by atoms with E-state index in [4.69, 9.17) is 0 Å². The zero-order valence-corrected chi connectivity index (χ0v) is 13.0. The van der Waals surface area contributed by atoms with E-state index in [1.807, 2.05) is 24.3 Å². The third-order valence-corrected chi connectivity index (χ3v) is 7.67. The van der Waals surface area contributed by atoms with Crippen LogP contribution in [0.15, 0.2) is 36.4 Å². The Labute approximate surface area is 124 Å². The summed E-state index contributed by atoms with van der Waals surface area (Å²) in [7, 11) is 0. The van der Waals surface area contributed by atoms with Gasteiger partial charge in [0.1, 0.15) is 0 Å². The number of hydrogen-bond acceptors (Lipinski definition) is 4. The first-order valence-electron chi connectivity index (χ1n) is 5.51. The molecule has 0 saturated carbocycles. The van der Waals surface area contributed by atoms with Crippen LogP contribution in [0.1, 0.15) is 19.3 Å². The van der Waals surface area contributed by atoms with Gasteiger partial charge in [-0.2, -0.15) is 0 Å². The summed E-state index contributed by atoms with van der Waals surface area (Å²) in [5, 5.41) is 0. The van der Waals surface area contributed by atoms with Gasteiger partial charge in [-0.3, -0.25) is 0 Å². The Kier molecular flexibility index (Phi) is 3.62. The molecule has 0 aliphatic carbocycles. The van der Waals surface area contributed by atoms with Crippen LogP contribution in [0.3, 0.4) is 0 Å². The van der Waals surface area contributed by atoms with Crippen LogP contribution >= 0.6 is 22.7 Å². The first kappa shape index (κ1) is 12.8. The fraction of sp³-hybridized carbons (Fsp3) is 0. The maximum atomic E-state index is 10.7. The normalized spacial score (nSPS) is 10.5. The molecule has 0 amide bonds. The Bertz CT molecular complexity index is 675. The van der Waals surface area contributed by atoms with Crippen molar-refractivity contribution >= 4 is 49.7 Å². The Morgan fingerprint density at radius 3 is 1.58 bits per heavy atom. The van der Waals surface area contributed by atoms with Crippen molar-refractivity contribution in [1.29, 1.82) is 0 Å². The Balaban J connectivity index is 1.94. The molecule has 3 rings (SSSR count). The molecule has 0 N–H and O–H groups in total. The van der Waals surface area contributed by atoms with E-state index in [0.29, 0.717) is 0 Å². The van der Waals surface area contributed by atoms with E-state index in [9.17, 15) is 9.59 Å². The van der Waals surface area contributed by atoms with Crippen molar-refractivity contribution in [3.8, 4) is 18.6 Å². The molecule has 2 nitrogen and oxygen atoms in total. The molecule has 0 spiro atoms. The average Bonchev–Trinajstić information content (AvgIpc) is 3.16. The molecule has 0 unspecified atom stereocenters. The molecule has 0 bridgehead atoms. The van der Waals surface area contributed by atoms with Crippen molar-refractivity contribution in [2.75, 3.05) is 0 Å². The molecule has 0 aromatic carbocycles. The molecule has 0 atom stereocenters. The number of hydrogen-bond donors (Lipinski definition) is 0. The summed E-state index contributed by atoms with van der Waals surface area (Å²) >= 11 is 3.31. The summed E-state index contributed by atoms with van der Waals surface area (Å²) in [6, 6.07) is 12.0. The van der Waals surface area contributed by atoms with Gasteiger partial charge in [0.05, 0.1) is 0 Å². The van der Waals surface area contributed by atoms with Crippen LogP contribution in [-0.2, 0) is 0 Å². The van der Waals surface area contributed by atoms with Crippen molar-refractivity contribution in [2.45, 2.75) is 0 Å². The molecular weight excluding hydrogens is 343 g/mol. The first-order chi connectivity index (χ1) is 9.30. The van der Waals surface area contributed by atoms with Gasteiger partial charge in [0.15, 0.2) is 0 Å². The number of aldehydes is 2. The Hall–Kier alpha value is -1.26. The third kappa shape index (κ3) is 2.55. The molecule has 0 saturated heterocycles. The number of carbonyl (C=O) groups is 2. The van der Waals surface area contributed by atoms with Crippen molar-refractivity contribution in [2.24, 2.45) is 0 Å². The van der Waals surface area contributed by atoms with Crippen LogP contribution in [0.25, 0.3) is 18.6 Å². The standard InChI is InChI=1S/C14H8O2S2Se/c15-7-9-1-3-11(17-9)13-5-6-14(19-13)12-4-2-10(8-16)18-12/h1-8H. The minimum atomic E-state index is 0.246. The SMILES string of the molecule is O=Cc1ccc(-c2ccc(-c3ccc(C=O)s3)[se]2)s1. The van der Waals surface area contributed by atoms with E-state index in [1.54, 1.807) is 0 Å². The second-order valence-corrected chi connectivity index (χ2v) is 8.31. The van der Waals surface area contributed by atoms with Crippen LogP contribution < -0.4 is 0 Å². The van der Waals surface area contributed by atoms with E-state index in [0.717, 1.165) is 22.3 Å².